The largest absolute Gasteiger partial charge is 0.348 e. The minimum Gasteiger partial charge on any atom is -0.348 e. The van der Waals surface area contributed by atoms with Gasteiger partial charge in [-0.3, -0.25) is 4.79 Å². The topological polar surface area (TPSA) is 22.0 Å². The van der Waals surface area contributed by atoms with Crippen LogP contribution in [-0.4, -0.2) is 10.4 Å². The summed E-state index contributed by atoms with van der Waals surface area (Å²) in [5.74, 6) is 0.357. The lowest BCUT2D eigenvalue weighted by molar-refractivity contribution is 0.0971. The first kappa shape index (κ1) is 10.1. The molecule has 1 heterocycles. The predicted octanol–water partition coefficient (Wildman–Crippen LogP) is 3.51. The van der Waals surface area contributed by atoms with E-state index >= 15 is 0 Å². The van der Waals surface area contributed by atoms with Crippen molar-refractivity contribution in [3.63, 3.8) is 0 Å². The zero-order chi connectivity index (χ0) is 11.0. The minimum absolute atomic E-state index is 0.357. The average Bonchev–Trinajstić information content (AvgIpc) is 2.75. The maximum absolute atomic E-state index is 11.8. The van der Waals surface area contributed by atoms with Crippen LogP contribution in [0.25, 0.3) is 0 Å². The maximum atomic E-state index is 11.8. The van der Waals surface area contributed by atoms with E-state index in [-0.39, 0.29) is 0 Å². The van der Waals surface area contributed by atoms with Crippen LogP contribution in [0.1, 0.15) is 67.0 Å². The SMILES string of the molecule is O=C1CCCc2c1ccn2C1CCCCC1. The molecule has 0 saturated heterocycles. The lowest BCUT2D eigenvalue weighted by Crippen LogP contribution is -2.18. The summed E-state index contributed by atoms with van der Waals surface area (Å²) in [6.45, 7) is 0. The van der Waals surface area contributed by atoms with Crippen molar-refractivity contribution in [2.45, 2.75) is 57.4 Å². The second-order valence-corrected chi connectivity index (χ2v) is 5.15. The molecule has 2 aliphatic carbocycles. The van der Waals surface area contributed by atoms with Crippen LogP contribution in [0.15, 0.2) is 12.3 Å². The van der Waals surface area contributed by atoms with Crippen LogP contribution in [0.2, 0.25) is 0 Å². The fourth-order valence-corrected chi connectivity index (χ4v) is 3.25. The van der Waals surface area contributed by atoms with E-state index in [2.05, 4.69) is 10.8 Å². The van der Waals surface area contributed by atoms with Gasteiger partial charge in [-0.05, 0) is 31.7 Å². The number of carbonyl (C=O) groups excluding carboxylic acids is 1. The first-order valence-electron chi connectivity index (χ1n) is 6.59. The Kier molecular flexibility index (Phi) is 2.58. The van der Waals surface area contributed by atoms with Crippen molar-refractivity contribution >= 4 is 5.78 Å². The molecule has 1 aromatic heterocycles. The Hall–Kier alpha value is -1.05. The highest BCUT2D eigenvalue weighted by atomic mass is 16.1. The molecular formula is C14H19NO. The molecule has 1 aromatic rings. The van der Waals surface area contributed by atoms with Crippen molar-refractivity contribution in [2.24, 2.45) is 0 Å². The van der Waals surface area contributed by atoms with Gasteiger partial charge in [0.1, 0.15) is 0 Å². The second kappa shape index (κ2) is 4.08. The lowest BCUT2D eigenvalue weighted by atomic mass is 9.93. The monoisotopic (exact) mass is 217 g/mol. The zero-order valence-corrected chi connectivity index (χ0v) is 9.74. The fourth-order valence-electron chi connectivity index (χ4n) is 3.25. The Morgan fingerprint density at radius 2 is 1.88 bits per heavy atom. The molecule has 86 valence electrons. The van der Waals surface area contributed by atoms with Gasteiger partial charge in [-0.15, -0.1) is 0 Å². The number of hydrogen-bond acceptors (Lipinski definition) is 1. The molecule has 1 fully saturated rings. The van der Waals surface area contributed by atoms with E-state index in [4.69, 9.17) is 0 Å². The van der Waals surface area contributed by atoms with Crippen molar-refractivity contribution < 1.29 is 4.79 Å². The van der Waals surface area contributed by atoms with Crippen LogP contribution < -0.4 is 0 Å². The number of Topliss-reactive ketones (excluding diaryl/α,β-unsaturated/α-hetero) is 1. The number of fused-ring (bicyclic) bond motifs is 1. The highest BCUT2D eigenvalue weighted by Gasteiger charge is 2.24. The molecule has 2 aliphatic rings. The van der Waals surface area contributed by atoms with Gasteiger partial charge in [0.2, 0.25) is 0 Å². The predicted molar refractivity (Wildman–Crippen MR) is 63.8 cm³/mol. The Bertz CT molecular complexity index is 399. The number of aromatic nitrogens is 1. The highest BCUT2D eigenvalue weighted by Crippen LogP contribution is 2.32. The molecule has 3 rings (SSSR count). The fraction of sp³-hybridized carbons (Fsp3) is 0.643. The van der Waals surface area contributed by atoms with Crippen LogP contribution in [0.4, 0.5) is 0 Å². The first-order valence-corrected chi connectivity index (χ1v) is 6.59. The van der Waals surface area contributed by atoms with Gasteiger partial charge in [0.25, 0.3) is 0 Å². The molecule has 2 nitrogen and oxygen atoms in total. The summed E-state index contributed by atoms with van der Waals surface area (Å²) in [7, 11) is 0. The van der Waals surface area contributed by atoms with E-state index < -0.39 is 0 Å². The molecule has 2 heteroatoms. The van der Waals surface area contributed by atoms with Crippen LogP contribution in [-0.2, 0) is 6.42 Å². The molecular weight excluding hydrogens is 198 g/mol. The maximum Gasteiger partial charge on any atom is 0.164 e. The van der Waals surface area contributed by atoms with Gasteiger partial charge in [0.05, 0.1) is 0 Å². The van der Waals surface area contributed by atoms with E-state index in [0.717, 1.165) is 24.8 Å². The standard InChI is InChI=1S/C14H19NO/c16-14-8-4-7-13-12(14)9-10-15(13)11-5-2-1-3-6-11/h9-11H,1-8H2. The molecule has 16 heavy (non-hydrogen) atoms. The van der Waals surface area contributed by atoms with Crippen molar-refractivity contribution in [3.8, 4) is 0 Å². The van der Waals surface area contributed by atoms with Crippen LogP contribution >= 0.6 is 0 Å². The highest BCUT2D eigenvalue weighted by molar-refractivity contribution is 5.98. The van der Waals surface area contributed by atoms with Crippen molar-refractivity contribution in [1.29, 1.82) is 0 Å². The van der Waals surface area contributed by atoms with Gasteiger partial charge >= 0.3 is 0 Å². The van der Waals surface area contributed by atoms with Gasteiger partial charge in [-0.25, -0.2) is 0 Å². The smallest absolute Gasteiger partial charge is 0.164 e. The molecule has 0 N–H and O–H groups in total. The van der Waals surface area contributed by atoms with Crippen LogP contribution in [0, 0.1) is 0 Å². The normalized spacial score (nSPS) is 22.1. The van der Waals surface area contributed by atoms with E-state index in [0.29, 0.717) is 11.8 Å². The van der Waals surface area contributed by atoms with E-state index in [9.17, 15) is 4.79 Å². The molecule has 0 aromatic carbocycles. The van der Waals surface area contributed by atoms with E-state index in [1.807, 2.05) is 6.07 Å². The summed E-state index contributed by atoms with van der Waals surface area (Å²) in [4.78, 5) is 11.8. The third kappa shape index (κ3) is 1.60. The Labute approximate surface area is 96.6 Å². The summed E-state index contributed by atoms with van der Waals surface area (Å²) in [6, 6.07) is 2.72. The first-order chi connectivity index (χ1) is 7.86. The van der Waals surface area contributed by atoms with Gasteiger partial charge in [0, 0.05) is 29.9 Å². The molecule has 0 radical (unpaired) electrons. The van der Waals surface area contributed by atoms with E-state index in [1.54, 1.807) is 0 Å². The van der Waals surface area contributed by atoms with Crippen molar-refractivity contribution in [1.82, 2.24) is 4.57 Å². The summed E-state index contributed by atoms with van der Waals surface area (Å²) in [5.41, 5.74) is 2.33. The Morgan fingerprint density at radius 1 is 1.06 bits per heavy atom. The third-order valence-corrected chi connectivity index (χ3v) is 4.11. The van der Waals surface area contributed by atoms with Crippen LogP contribution in [0.3, 0.4) is 0 Å². The molecule has 0 amide bonds. The quantitative estimate of drug-likeness (QED) is 0.705. The number of nitrogens with zero attached hydrogens (tertiary/aromatic N) is 1. The summed E-state index contributed by atoms with van der Waals surface area (Å²) in [6.07, 6.45) is 11.7. The molecule has 0 bridgehead atoms. The lowest BCUT2D eigenvalue weighted by Gasteiger charge is -2.26. The van der Waals surface area contributed by atoms with Gasteiger partial charge in [-0.1, -0.05) is 19.3 Å². The average molecular weight is 217 g/mol. The molecule has 1 saturated carbocycles. The second-order valence-electron chi connectivity index (χ2n) is 5.15. The Balaban J connectivity index is 1.92. The summed E-state index contributed by atoms with van der Waals surface area (Å²) >= 11 is 0. The molecule has 0 unspecified atom stereocenters. The number of carbonyl (C=O) groups is 1. The van der Waals surface area contributed by atoms with Gasteiger partial charge in [0.15, 0.2) is 5.78 Å². The van der Waals surface area contributed by atoms with E-state index in [1.165, 1.54) is 37.8 Å². The number of ketones is 1. The number of rotatable bonds is 1. The van der Waals surface area contributed by atoms with Crippen LogP contribution in [0.5, 0.6) is 0 Å². The number of hydrogen-bond donors (Lipinski definition) is 0. The van der Waals surface area contributed by atoms with Gasteiger partial charge in [-0.2, -0.15) is 0 Å². The summed E-state index contributed by atoms with van der Waals surface area (Å²) in [5, 5.41) is 0. The molecule has 0 aliphatic heterocycles. The summed E-state index contributed by atoms with van der Waals surface area (Å²) < 4.78 is 2.41. The Morgan fingerprint density at radius 3 is 2.69 bits per heavy atom. The van der Waals surface area contributed by atoms with Crippen molar-refractivity contribution in [2.75, 3.05) is 0 Å². The zero-order valence-electron chi connectivity index (χ0n) is 9.74. The minimum atomic E-state index is 0.357. The molecule has 0 spiro atoms. The third-order valence-electron chi connectivity index (χ3n) is 4.11. The van der Waals surface area contributed by atoms with Crippen molar-refractivity contribution in [3.05, 3.63) is 23.5 Å². The molecule has 0 atom stereocenters. The van der Waals surface area contributed by atoms with Gasteiger partial charge < -0.3 is 4.57 Å².